The fourth-order valence-corrected chi connectivity index (χ4v) is 5.88. The van der Waals surface area contributed by atoms with Gasteiger partial charge in [-0.1, -0.05) is 30.3 Å². The fraction of sp³-hybridized carbons (Fsp3) is 0.208. The predicted molar refractivity (Wildman–Crippen MR) is 135 cm³/mol. The molecule has 0 aliphatic carbocycles. The van der Waals surface area contributed by atoms with E-state index >= 15 is 0 Å². The van der Waals surface area contributed by atoms with Crippen LogP contribution in [0.1, 0.15) is 11.1 Å². The SMILES string of the molecule is Cc1cccc(C)c1NS(=O)(=O)c1ccc(NC(=O)[C@@H]2CN(S(C)(=O)=O)c3ccccc3O2)cc1. The third-order valence-electron chi connectivity index (χ3n) is 5.58. The topological polar surface area (TPSA) is 122 Å². The summed E-state index contributed by atoms with van der Waals surface area (Å²) in [4.78, 5) is 12.9. The number of ether oxygens (including phenoxy) is 1. The molecule has 1 heterocycles. The number of para-hydroxylation sites is 3. The largest absolute Gasteiger partial charge is 0.476 e. The number of aryl methyl sites for hydroxylation is 2. The van der Waals surface area contributed by atoms with Gasteiger partial charge in [-0.05, 0) is 61.4 Å². The van der Waals surface area contributed by atoms with E-state index in [4.69, 9.17) is 4.74 Å². The van der Waals surface area contributed by atoms with E-state index in [0.717, 1.165) is 21.7 Å². The summed E-state index contributed by atoms with van der Waals surface area (Å²) in [6.07, 6.45) is -0.0240. The Morgan fingerprint density at radius 3 is 2.17 bits per heavy atom. The number of sulfonamides is 2. The van der Waals surface area contributed by atoms with Gasteiger partial charge >= 0.3 is 0 Å². The molecule has 9 nitrogen and oxygen atoms in total. The third kappa shape index (κ3) is 5.25. The minimum Gasteiger partial charge on any atom is -0.476 e. The van der Waals surface area contributed by atoms with Crippen LogP contribution in [0.5, 0.6) is 5.75 Å². The number of benzene rings is 3. The van der Waals surface area contributed by atoms with Gasteiger partial charge in [-0.15, -0.1) is 0 Å². The molecule has 1 aliphatic rings. The van der Waals surface area contributed by atoms with Crippen LogP contribution >= 0.6 is 0 Å². The van der Waals surface area contributed by atoms with Gasteiger partial charge in [0.25, 0.3) is 15.9 Å². The zero-order valence-electron chi connectivity index (χ0n) is 19.3. The van der Waals surface area contributed by atoms with Crippen molar-refractivity contribution in [3.63, 3.8) is 0 Å². The van der Waals surface area contributed by atoms with Crippen molar-refractivity contribution in [2.45, 2.75) is 24.8 Å². The molecule has 0 bridgehead atoms. The first-order valence-electron chi connectivity index (χ1n) is 10.7. The number of nitrogens with one attached hydrogen (secondary N) is 2. The highest BCUT2D eigenvalue weighted by molar-refractivity contribution is 7.92. The van der Waals surface area contributed by atoms with E-state index in [-0.39, 0.29) is 17.2 Å². The molecule has 3 aromatic carbocycles. The summed E-state index contributed by atoms with van der Waals surface area (Å²) in [6, 6.07) is 17.7. The van der Waals surface area contributed by atoms with Crippen LogP contribution in [0.15, 0.2) is 71.6 Å². The lowest BCUT2D eigenvalue weighted by Gasteiger charge is -2.33. The second kappa shape index (κ2) is 9.23. The summed E-state index contributed by atoms with van der Waals surface area (Å²) >= 11 is 0. The van der Waals surface area contributed by atoms with Crippen LogP contribution < -0.4 is 19.1 Å². The Hall–Kier alpha value is -3.57. The molecule has 0 radical (unpaired) electrons. The maximum absolute atomic E-state index is 12.9. The molecular weight excluding hydrogens is 490 g/mol. The maximum Gasteiger partial charge on any atom is 0.267 e. The number of hydrogen-bond acceptors (Lipinski definition) is 6. The van der Waals surface area contributed by atoms with Crippen LogP contribution in [0.4, 0.5) is 17.1 Å². The molecule has 0 unspecified atom stereocenters. The Kier molecular flexibility index (Phi) is 6.48. The van der Waals surface area contributed by atoms with Gasteiger partial charge in [0.2, 0.25) is 10.0 Å². The van der Waals surface area contributed by atoms with E-state index in [1.807, 2.05) is 32.0 Å². The summed E-state index contributed by atoms with van der Waals surface area (Å²) in [7, 11) is -7.47. The van der Waals surface area contributed by atoms with Crippen molar-refractivity contribution >= 4 is 43.0 Å². The second-order valence-corrected chi connectivity index (χ2v) is 11.8. The molecule has 1 atom stereocenters. The smallest absolute Gasteiger partial charge is 0.267 e. The van der Waals surface area contributed by atoms with Crippen molar-refractivity contribution in [3.8, 4) is 5.75 Å². The first-order valence-corrected chi connectivity index (χ1v) is 14.0. The van der Waals surface area contributed by atoms with Crippen molar-refractivity contribution in [1.82, 2.24) is 0 Å². The molecule has 0 saturated carbocycles. The van der Waals surface area contributed by atoms with Crippen LogP contribution in [-0.2, 0) is 24.8 Å². The number of rotatable bonds is 6. The van der Waals surface area contributed by atoms with Gasteiger partial charge in [0.15, 0.2) is 6.10 Å². The molecule has 0 saturated heterocycles. The van der Waals surface area contributed by atoms with Crippen molar-refractivity contribution in [1.29, 1.82) is 0 Å². The number of carbonyl (C=O) groups excluding carboxylic acids is 1. The standard InChI is InChI=1S/C24H25N3O6S2/c1-16-7-6-8-17(2)23(16)26-35(31,32)19-13-11-18(12-14-19)25-24(28)22-15-27(34(3,29)30)20-9-4-5-10-21(20)33-22/h4-14,22,26H,15H2,1-3H3,(H,25,28)/t22-/m0/s1. The summed E-state index contributed by atoms with van der Waals surface area (Å²) in [5, 5.41) is 2.66. The molecule has 11 heteroatoms. The number of anilines is 3. The molecule has 0 fully saturated rings. The van der Waals surface area contributed by atoms with Crippen LogP contribution in [-0.4, -0.2) is 41.6 Å². The lowest BCUT2D eigenvalue weighted by Crippen LogP contribution is -2.48. The zero-order chi connectivity index (χ0) is 25.4. The van der Waals surface area contributed by atoms with Crippen LogP contribution in [0.25, 0.3) is 0 Å². The van der Waals surface area contributed by atoms with Gasteiger partial charge in [-0.3, -0.25) is 13.8 Å². The highest BCUT2D eigenvalue weighted by Gasteiger charge is 2.35. The molecule has 1 aliphatic heterocycles. The number of carbonyl (C=O) groups is 1. The minimum absolute atomic E-state index is 0.0317. The van der Waals surface area contributed by atoms with Crippen molar-refractivity contribution in [2.75, 3.05) is 27.1 Å². The van der Waals surface area contributed by atoms with E-state index in [1.165, 1.54) is 24.3 Å². The van der Waals surface area contributed by atoms with E-state index in [1.54, 1.807) is 24.3 Å². The molecule has 2 N–H and O–H groups in total. The maximum atomic E-state index is 12.9. The Balaban J connectivity index is 1.49. The van der Waals surface area contributed by atoms with E-state index in [9.17, 15) is 21.6 Å². The number of hydrogen-bond donors (Lipinski definition) is 2. The molecule has 0 spiro atoms. The fourth-order valence-electron chi connectivity index (χ4n) is 3.76. The lowest BCUT2D eigenvalue weighted by molar-refractivity contribution is -0.122. The van der Waals surface area contributed by atoms with E-state index in [0.29, 0.717) is 17.1 Å². The van der Waals surface area contributed by atoms with E-state index in [2.05, 4.69) is 10.0 Å². The van der Waals surface area contributed by atoms with Gasteiger partial charge < -0.3 is 10.1 Å². The Morgan fingerprint density at radius 2 is 1.54 bits per heavy atom. The average molecular weight is 516 g/mol. The van der Waals surface area contributed by atoms with Gasteiger partial charge in [0.1, 0.15) is 5.75 Å². The molecular formula is C24H25N3O6S2. The Morgan fingerprint density at radius 1 is 0.914 bits per heavy atom. The average Bonchev–Trinajstić information content (AvgIpc) is 2.80. The highest BCUT2D eigenvalue weighted by Crippen LogP contribution is 2.35. The normalized spacial score (nSPS) is 15.6. The lowest BCUT2D eigenvalue weighted by atomic mass is 10.1. The Labute approximate surface area is 204 Å². The summed E-state index contributed by atoms with van der Waals surface area (Å²) in [5.41, 5.74) is 2.83. The number of nitrogens with zero attached hydrogens (tertiary/aromatic N) is 1. The second-order valence-electron chi connectivity index (χ2n) is 8.25. The predicted octanol–water partition coefficient (Wildman–Crippen LogP) is 3.27. The zero-order valence-corrected chi connectivity index (χ0v) is 21.0. The first-order chi connectivity index (χ1) is 16.5. The number of amides is 1. The molecule has 4 rings (SSSR count). The Bertz CT molecular complexity index is 1470. The monoisotopic (exact) mass is 515 g/mol. The molecule has 3 aromatic rings. The number of fused-ring (bicyclic) bond motifs is 1. The van der Waals surface area contributed by atoms with Gasteiger partial charge in [0.05, 0.1) is 29.1 Å². The summed E-state index contributed by atoms with van der Waals surface area (Å²) in [5.74, 6) is -0.277. The molecule has 0 aromatic heterocycles. The quantitative estimate of drug-likeness (QED) is 0.520. The minimum atomic E-state index is -3.84. The van der Waals surface area contributed by atoms with Crippen LogP contribution in [0.3, 0.4) is 0 Å². The highest BCUT2D eigenvalue weighted by atomic mass is 32.2. The first kappa shape index (κ1) is 24.6. The van der Waals surface area contributed by atoms with Crippen molar-refractivity contribution in [3.05, 3.63) is 77.9 Å². The van der Waals surface area contributed by atoms with Crippen LogP contribution in [0, 0.1) is 13.8 Å². The molecule has 1 amide bonds. The van der Waals surface area contributed by atoms with E-state index < -0.39 is 32.1 Å². The van der Waals surface area contributed by atoms with Crippen LogP contribution in [0.2, 0.25) is 0 Å². The van der Waals surface area contributed by atoms with Gasteiger partial charge in [-0.25, -0.2) is 16.8 Å². The molecule has 184 valence electrons. The van der Waals surface area contributed by atoms with Crippen molar-refractivity contribution in [2.24, 2.45) is 0 Å². The van der Waals surface area contributed by atoms with Gasteiger partial charge in [0, 0.05) is 5.69 Å². The van der Waals surface area contributed by atoms with Crippen molar-refractivity contribution < 1.29 is 26.4 Å². The third-order valence-corrected chi connectivity index (χ3v) is 8.09. The summed E-state index contributed by atoms with van der Waals surface area (Å²) < 4.78 is 59.7. The van der Waals surface area contributed by atoms with Gasteiger partial charge in [-0.2, -0.15) is 0 Å². The molecule has 35 heavy (non-hydrogen) atoms. The summed E-state index contributed by atoms with van der Waals surface area (Å²) in [6.45, 7) is 3.45.